The molecule has 0 aromatic carbocycles. The van der Waals surface area contributed by atoms with Crippen molar-refractivity contribution in [2.75, 3.05) is 40.8 Å². The maximum absolute atomic E-state index is 2.45. The van der Waals surface area contributed by atoms with Gasteiger partial charge >= 0.3 is 0 Å². The van der Waals surface area contributed by atoms with Crippen LogP contribution in [0.5, 0.6) is 0 Å². The van der Waals surface area contributed by atoms with E-state index in [-0.39, 0.29) is 0 Å². The Morgan fingerprint density at radius 2 is 1.79 bits per heavy atom. The van der Waals surface area contributed by atoms with Gasteiger partial charge in [0.15, 0.2) is 0 Å². The SMILES string of the molecule is CN(C)CCCCC1CCN(C)CC1. The third-order valence-corrected chi connectivity index (χ3v) is 3.31. The van der Waals surface area contributed by atoms with E-state index in [1.165, 1.54) is 51.7 Å². The van der Waals surface area contributed by atoms with Crippen molar-refractivity contribution in [3.8, 4) is 0 Å². The van der Waals surface area contributed by atoms with Crippen LogP contribution in [-0.4, -0.2) is 50.6 Å². The van der Waals surface area contributed by atoms with Gasteiger partial charge in [-0.3, -0.25) is 0 Å². The van der Waals surface area contributed by atoms with Crippen molar-refractivity contribution in [3.63, 3.8) is 0 Å². The van der Waals surface area contributed by atoms with E-state index in [4.69, 9.17) is 0 Å². The predicted molar refractivity (Wildman–Crippen MR) is 62.6 cm³/mol. The Morgan fingerprint density at radius 3 is 2.36 bits per heavy atom. The van der Waals surface area contributed by atoms with Crippen LogP contribution in [0.2, 0.25) is 0 Å². The van der Waals surface area contributed by atoms with Crippen LogP contribution in [0, 0.1) is 5.92 Å². The summed E-state index contributed by atoms with van der Waals surface area (Å²) in [7, 11) is 6.56. The van der Waals surface area contributed by atoms with Crippen molar-refractivity contribution in [1.82, 2.24) is 9.80 Å². The number of piperidine rings is 1. The summed E-state index contributed by atoms with van der Waals surface area (Å²) >= 11 is 0. The van der Waals surface area contributed by atoms with Crippen molar-refractivity contribution >= 4 is 0 Å². The Morgan fingerprint density at radius 1 is 1.14 bits per heavy atom. The van der Waals surface area contributed by atoms with E-state index in [9.17, 15) is 0 Å². The fraction of sp³-hybridized carbons (Fsp3) is 1.00. The van der Waals surface area contributed by atoms with Crippen LogP contribution in [0.3, 0.4) is 0 Å². The highest BCUT2D eigenvalue weighted by Gasteiger charge is 2.15. The highest BCUT2D eigenvalue weighted by molar-refractivity contribution is 4.69. The normalized spacial score (nSPS) is 20.6. The van der Waals surface area contributed by atoms with Crippen LogP contribution < -0.4 is 0 Å². The van der Waals surface area contributed by atoms with Crippen molar-refractivity contribution in [1.29, 1.82) is 0 Å². The summed E-state index contributed by atoms with van der Waals surface area (Å²) in [5, 5.41) is 0. The molecule has 0 spiro atoms. The van der Waals surface area contributed by atoms with Gasteiger partial charge < -0.3 is 9.80 Å². The zero-order valence-electron chi connectivity index (χ0n) is 10.1. The first kappa shape index (κ1) is 12.0. The summed E-state index contributed by atoms with van der Waals surface area (Å²) in [6.45, 7) is 3.89. The molecule has 0 radical (unpaired) electrons. The molecule has 0 aliphatic carbocycles. The molecule has 1 aliphatic heterocycles. The van der Waals surface area contributed by atoms with Gasteiger partial charge in [0.05, 0.1) is 0 Å². The Kier molecular flexibility index (Phi) is 5.49. The summed E-state index contributed by atoms with van der Waals surface area (Å²) in [5.41, 5.74) is 0. The van der Waals surface area contributed by atoms with Crippen LogP contribution in [0.15, 0.2) is 0 Å². The van der Waals surface area contributed by atoms with Gasteiger partial charge in [-0.05, 0) is 66.0 Å². The zero-order chi connectivity index (χ0) is 10.4. The lowest BCUT2D eigenvalue weighted by atomic mass is 9.92. The number of likely N-dealkylation sites (tertiary alicyclic amines) is 1. The van der Waals surface area contributed by atoms with Crippen LogP contribution in [0.1, 0.15) is 32.1 Å². The highest BCUT2D eigenvalue weighted by atomic mass is 15.1. The molecule has 1 saturated heterocycles. The average Bonchev–Trinajstić information content (AvgIpc) is 2.15. The molecule has 2 nitrogen and oxygen atoms in total. The maximum Gasteiger partial charge on any atom is -0.00191 e. The molecule has 0 amide bonds. The molecule has 0 saturated carbocycles. The first-order valence-corrected chi connectivity index (χ1v) is 6.02. The van der Waals surface area contributed by atoms with E-state index in [1.54, 1.807) is 0 Å². The summed E-state index contributed by atoms with van der Waals surface area (Å²) < 4.78 is 0. The molecule has 0 N–H and O–H groups in total. The van der Waals surface area contributed by atoms with Crippen LogP contribution in [0.4, 0.5) is 0 Å². The number of hydrogen-bond acceptors (Lipinski definition) is 2. The zero-order valence-corrected chi connectivity index (χ0v) is 10.1. The van der Waals surface area contributed by atoms with E-state index in [1.807, 2.05) is 0 Å². The molecular weight excluding hydrogens is 172 g/mol. The maximum atomic E-state index is 2.45. The van der Waals surface area contributed by atoms with E-state index < -0.39 is 0 Å². The summed E-state index contributed by atoms with van der Waals surface area (Å²) in [5.74, 6) is 1.02. The molecule has 0 aromatic rings. The first-order chi connectivity index (χ1) is 6.68. The number of nitrogens with zero attached hydrogens (tertiary/aromatic N) is 2. The van der Waals surface area contributed by atoms with Gasteiger partial charge in [0, 0.05) is 0 Å². The smallest absolute Gasteiger partial charge is 0.00191 e. The molecule has 14 heavy (non-hydrogen) atoms. The van der Waals surface area contributed by atoms with Gasteiger partial charge in [-0.15, -0.1) is 0 Å². The van der Waals surface area contributed by atoms with Gasteiger partial charge in [0.1, 0.15) is 0 Å². The quantitative estimate of drug-likeness (QED) is 0.624. The first-order valence-electron chi connectivity index (χ1n) is 6.02. The number of unbranched alkanes of at least 4 members (excludes halogenated alkanes) is 1. The number of hydrogen-bond donors (Lipinski definition) is 0. The lowest BCUT2D eigenvalue weighted by Gasteiger charge is -2.28. The van der Waals surface area contributed by atoms with E-state index >= 15 is 0 Å². The number of rotatable bonds is 5. The lowest BCUT2D eigenvalue weighted by molar-refractivity contribution is 0.208. The summed E-state index contributed by atoms with van der Waals surface area (Å²) in [6.07, 6.45) is 7.12. The summed E-state index contributed by atoms with van der Waals surface area (Å²) in [4.78, 5) is 4.74. The van der Waals surface area contributed by atoms with Crippen molar-refractivity contribution in [3.05, 3.63) is 0 Å². The Hall–Kier alpha value is -0.0800. The molecule has 2 heteroatoms. The molecule has 84 valence electrons. The molecule has 1 fully saturated rings. The second-order valence-corrected chi connectivity index (χ2v) is 5.05. The van der Waals surface area contributed by atoms with E-state index in [0.717, 1.165) is 5.92 Å². The molecule has 0 bridgehead atoms. The van der Waals surface area contributed by atoms with Gasteiger partial charge in [-0.1, -0.05) is 12.8 Å². The lowest BCUT2D eigenvalue weighted by Crippen LogP contribution is -2.30. The Labute approximate surface area is 89.3 Å². The fourth-order valence-corrected chi connectivity index (χ4v) is 2.21. The molecular formula is C12H26N2. The molecule has 1 heterocycles. The topological polar surface area (TPSA) is 6.48 Å². The molecule has 1 aliphatic rings. The summed E-state index contributed by atoms with van der Waals surface area (Å²) in [6, 6.07) is 0. The minimum absolute atomic E-state index is 1.02. The third kappa shape index (κ3) is 4.97. The fourth-order valence-electron chi connectivity index (χ4n) is 2.21. The average molecular weight is 198 g/mol. The van der Waals surface area contributed by atoms with Gasteiger partial charge in [0.2, 0.25) is 0 Å². The minimum atomic E-state index is 1.02. The molecule has 0 aromatic heterocycles. The van der Waals surface area contributed by atoms with Gasteiger partial charge in [-0.25, -0.2) is 0 Å². The monoisotopic (exact) mass is 198 g/mol. The van der Waals surface area contributed by atoms with Crippen LogP contribution >= 0.6 is 0 Å². The Bertz CT molecular complexity index is 137. The second kappa shape index (κ2) is 6.41. The molecule has 1 rings (SSSR count). The van der Waals surface area contributed by atoms with Gasteiger partial charge in [0.25, 0.3) is 0 Å². The van der Waals surface area contributed by atoms with Crippen molar-refractivity contribution in [2.24, 2.45) is 5.92 Å². The van der Waals surface area contributed by atoms with Crippen LogP contribution in [0.25, 0.3) is 0 Å². The predicted octanol–water partition coefficient (Wildman–Crippen LogP) is 2.06. The third-order valence-electron chi connectivity index (χ3n) is 3.31. The van der Waals surface area contributed by atoms with E-state index in [0.29, 0.717) is 0 Å². The highest BCUT2D eigenvalue weighted by Crippen LogP contribution is 2.21. The second-order valence-electron chi connectivity index (χ2n) is 5.05. The minimum Gasteiger partial charge on any atom is -0.309 e. The van der Waals surface area contributed by atoms with E-state index in [2.05, 4.69) is 30.9 Å². The Balaban J connectivity index is 1.96. The molecule has 0 atom stereocenters. The van der Waals surface area contributed by atoms with Crippen molar-refractivity contribution < 1.29 is 0 Å². The largest absolute Gasteiger partial charge is 0.309 e. The van der Waals surface area contributed by atoms with Crippen LogP contribution in [-0.2, 0) is 0 Å². The van der Waals surface area contributed by atoms with Gasteiger partial charge in [-0.2, -0.15) is 0 Å². The standard InChI is InChI=1S/C12H26N2/c1-13(2)9-5-4-6-12-7-10-14(3)11-8-12/h12H,4-11H2,1-3H3. The molecule has 0 unspecified atom stereocenters. The van der Waals surface area contributed by atoms with Crippen molar-refractivity contribution in [2.45, 2.75) is 32.1 Å².